The van der Waals surface area contributed by atoms with Gasteiger partial charge in [0.15, 0.2) is 5.69 Å². The predicted molar refractivity (Wildman–Crippen MR) is 108 cm³/mol. The minimum Gasteiger partial charge on any atom is -0.618 e. The van der Waals surface area contributed by atoms with Crippen LogP contribution in [0, 0.1) is 31.9 Å². The maximum Gasteiger partial charge on any atom is 0.265 e. The van der Waals surface area contributed by atoms with Gasteiger partial charge in [-0.3, -0.25) is 4.79 Å². The van der Waals surface area contributed by atoms with E-state index in [2.05, 4.69) is 19.2 Å². The summed E-state index contributed by atoms with van der Waals surface area (Å²) in [5, 5.41) is 15.4. The number of amides is 1. The number of para-hydroxylation sites is 1. The number of aromatic nitrogens is 1. The Morgan fingerprint density at radius 3 is 2.59 bits per heavy atom. The Labute approximate surface area is 162 Å². The number of benzene rings is 1. The summed E-state index contributed by atoms with van der Waals surface area (Å²) in [6.07, 6.45) is 1.69. The zero-order valence-electron chi connectivity index (χ0n) is 17.2. The van der Waals surface area contributed by atoms with Crippen LogP contribution in [0.25, 0.3) is 0 Å². The Morgan fingerprint density at radius 1 is 1.26 bits per heavy atom. The van der Waals surface area contributed by atoms with Crippen LogP contribution in [0.4, 0.5) is 5.69 Å². The van der Waals surface area contributed by atoms with Crippen LogP contribution in [0.2, 0.25) is 0 Å². The van der Waals surface area contributed by atoms with E-state index >= 15 is 0 Å². The van der Waals surface area contributed by atoms with Crippen LogP contribution in [0.15, 0.2) is 24.3 Å². The zero-order chi connectivity index (χ0) is 20.1. The van der Waals surface area contributed by atoms with E-state index in [1.54, 1.807) is 19.9 Å². The number of carbonyl (C=O) groups is 1. The summed E-state index contributed by atoms with van der Waals surface area (Å²) >= 11 is 0. The summed E-state index contributed by atoms with van der Waals surface area (Å²) in [6.45, 7) is 12.1. The lowest BCUT2D eigenvalue weighted by molar-refractivity contribution is -0.619. The summed E-state index contributed by atoms with van der Waals surface area (Å²) in [6, 6.07) is 7.59. The molecule has 0 bridgehead atoms. The van der Waals surface area contributed by atoms with Gasteiger partial charge in [0, 0.05) is 25.6 Å². The first-order chi connectivity index (χ1) is 12.8. The Kier molecular flexibility index (Phi) is 6.83. The van der Waals surface area contributed by atoms with Crippen molar-refractivity contribution in [3.8, 4) is 5.75 Å². The van der Waals surface area contributed by atoms with E-state index < -0.39 is 0 Å². The molecule has 5 heteroatoms. The molecule has 0 spiro atoms. The molecule has 0 fully saturated rings. The van der Waals surface area contributed by atoms with E-state index in [0.717, 1.165) is 34.4 Å². The van der Waals surface area contributed by atoms with Crippen LogP contribution in [0.3, 0.4) is 0 Å². The molecule has 0 aliphatic carbocycles. The van der Waals surface area contributed by atoms with Crippen LogP contribution < -0.4 is 14.8 Å². The Balaban J connectivity index is 2.41. The van der Waals surface area contributed by atoms with Crippen molar-refractivity contribution >= 4 is 11.6 Å². The molecule has 2 aromatic rings. The van der Waals surface area contributed by atoms with E-state index in [-0.39, 0.29) is 5.91 Å². The lowest BCUT2D eigenvalue weighted by atomic mass is 10.0. The highest BCUT2D eigenvalue weighted by Crippen LogP contribution is 2.26. The Morgan fingerprint density at radius 2 is 1.96 bits per heavy atom. The molecule has 0 unspecified atom stereocenters. The molecule has 1 aromatic carbocycles. The quantitative estimate of drug-likeness (QED) is 0.577. The lowest BCUT2D eigenvalue weighted by Crippen LogP contribution is -2.37. The van der Waals surface area contributed by atoms with Gasteiger partial charge in [0.25, 0.3) is 5.91 Å². The number of hydrogen-bond donors (Lipinski definition) is 1. The summed E-state index contributed by atoms with van der Waals surface area (Å²) < 4.78 is 6.68. The molecular weight excluding hydrogens is 340 g/mol. The maximum absolute atomic E-state index is 13.1. The first kappa shape index (κ1) is 20.7. The number of anilines is 1. The lowest BCUT2D eigenvalue weighted by Gasteiger charge is -2.17. The minimum absolute atomic E-state index is 0.296. The summed E-state index contributed by atoms with van der Waals surface area (Å²) in [5.41, 5.74) is 4.00. The molecule has 5 nitrogen and oxygen atoms in total. The molecule has 1 aromatic heterocycles. The second-order valence-electron chi connectivity index (χ2n) is 7.35. The zero-order valence-corrected chi connectivity index (χ0v) is 17.2. The van der Waals surface area contributed by atoms with Crippen molar-refractivity contribution in [3.63, 3.8) is 0 Å². The van der Waals surface area contributed by atoms with Gasteiger partial charge in [-0.1, -0.05) is 39.0 Å². The summed E-state index contributed by atoms with van der Waals surface area (Å²) in [5.74, 6) is 0.638. The fourth-order valence-corrected chi connectivity index (χ4v) is 3.04. The van der Waals surface area contributed by atoms with Gasteiger partial charge in [0.1, 0.15) is 11.3 Å². The number of aryl methyl sites for hydroxylation is 3. The van der Waals surface area contributed by atoms with Gasteiger partial charge in [-0.2, -0.15) is 4.73 Å². The fraction of sp³-hybridized carbons (Fsp3) is 0.455. The molecular formula is C22H30N2O3. The van der Waals surface area contributed by atoms with Crippen LogP contribution in [0.5, 0.6) is 5.75 Å². The molecule has 0 aliphatic heterocycles. The van der Waals surface area contributed by atoms with Crippen LogP contribution in [-0.2, 0) is 6.42 Å². The first-order valence-electron chi connectivity index (χ1n) is 9.52. The highest BCUT2D eigenvalue weighted by Gasteiger charge is 2.25. The molecule has 0 radical (unpaired) electrons. The van der Waals surface area contributed by atoms with E-state index in [9.17, 15) is 10.0 Å². The van der Waals surface area contributed by atoms with Gasteiger partial charge in [-0.15, -0.1) is 0 Å². The topological polar surface area (TPSA) is 65.3 Å². The van der Waals surface area contributed by atoms with Crippen LogP contribution in [-0.4, -0.2) is 12.5 Å². The first-order valence-corrected chi connectivity index (χ1v) is 9.52. The van der Waals surface area contributed by atoms with E-state index in [4.69, 9.17) is 4.74 Å². The highest BCUT2D eigenvalue weighted by molar-refractivity contribution is 6.07. The monoisotopic (exact) mass is 370 g/mol. The third kappa shape index (κ3) is 4.79. The second-order valence-corrected chi connectivity index (χ2v) is 7.35. The van der Waals surface area contributed by atoms with E-state index in [1.807, 2.05) is 32.0 Å². The van der Waals surface area contributed by atoms with Crippen molar-refractivity contribution in [3.05, 3.63) is 57.6 Å². The Bertz CT molecular complexity index is 829. The number of hydrogen-bond acceptors (Lipinski definition) is 3. The van der Waals surface area contributed by atoms with Crippen molar-refractivity contribution in [2.75, 3.05) is 11.9 Å². The van der Waals surface area contributed by atoms with Crippen molar-refractivity contribution in [1.82, 2.24) is 0 Å². The number of rotatable bonds is 7. The van der Waals surface area contributed by atoms with Crippen molar-refractivity contribution in [2.24, 2.45) is 5.92 Å². The number of nitrogens with one attached hydrogen (secondary N) is 1. The smallest absolute Gasteiger partial charge is 0.265 e. The van der Waals surface area contributed by atoms with Crippen LogP contribution >= 0.6 is 0 Å². The molecule has 27 heavy (non-hydrogen) atoms. The predicted octanol–water partition coefficient (Wildman–Crippen LogP) is 4.48. The Hall–Kier alpha value is -2.56. The second kappa shape index (κ2) is 8.89. The minimum atomic E-state index is -0.319. The van der Waals surface area contributed by atoms with E-state index in [1.165, 1.54) is 0 Å². The molecule has 0 aliphatic rings. The molecule has 1 heterocycles. The fourth-order valence-electron chi connectivity index (χ4n) is 3.04. The van der Waals surface area contributed by atoms with Crippen molar-refractivity contribution < 1.29 is 14.3 Å². The normalized spacial score (nSPS) is 10.9. The van der Waals surface area contributed by atoms with Gasteiger partial charge >= 0.3 is 0 Å². The molecule has 2 rings (SSSR count). The SMILES string of the molecule is CCc1cccc(C)c1NC(=O)c1c(OCCC(C)C)cc(C)[n+]([O-])c1C. The molecule has 1 amide bonds. The number of carbonyl (C=O) groups excluding carboxylic acids is 1. The number of pyridine rings is 1. The molecule has 0 atom stereocenters. The largest absolute Gasteiger partial charge is 0.618 e. The standard InChI is InChI=1S/C22H30N2O3/c1-7-18-10-8-9-15(4)21(18)23-22(25)20-17(6)24(26)16(5)13-19(20)27-12-11-14(2)3/h8-10,13-14H,7,11-12H2,1-6H3,(H,23,25). The van der Waals surface area contributed by atoms with Gasteiger partial charge < -0.3 is 15.3 Å². The van der Waals surface area contributed by atoms with Crippen molar-refractivity contribution in [1.29, 1.82) is 0 Å². The highest BCUT2D eigenvalue weighted by atomic mass is 16.5. The molecule has 1 N–H and O–H groups in total. The van der Waals surface area contributed by atoms with Crippen molar-refractivity contribution in [2.45, 2.75) is 54.4 Å². The van der Waals surface area contributed by atoms with E-state index in [0.29, 0.717) is 35.2 Å². The molecule has 0 saturated heterocycles. The average Bonchev–Trinajstić information content (AvgIpc) is 2.61. The molecule has 146 valence electrons. The number of nitrogens with zero attached hydrogens (tertiary/aromatic N) is 1. The third-order valence-corrected chi connectivity index (χ3v) is 4.73. The van der Waals surface area contributed by atoms with Gasteiger partial charge in [-0.05, 0) is 36.8 Å². The average molecular weight is 370 g/mol. The summed E-state index contributed by atoms with van der Waals surface area (Å²) in [7, 11) is 0. The van der Waals surface area contributed by atoms with Gasteiger partial charge in [0.2, 0.25) is 5.69 Å². The van der Waals surface area contributed by atoms with Gasteiger partial charge in [-0.25, -0.2) is 0 Å². The van der Waals surface area contributed by atoms with Crippen LogP contribution in [0.1, 0.15) is 60.1 Å². The summed E-state index contributed by atoms with van der Waals surface area (Å²) in [4.78, 5) is 13.1. The third-order valence-electron chi connectivity index (χ3n) is 4.73. The molecule has 0 saturated carbocycles. The number of ether oxygens (including phenoxy) is 1. The maximum atomic E-state index is 13.1. The van der Waals surface area contributed by atoms with Gasteiger partial charge in [0.05, 0.1) is 6.61 Å².